The summed E-state index contributed by atoms with van der Waals surface area (Å²) >= 11 is 0. The number of carbonyl (C=O) groups is 2. The predicted molar refractivity (Wildman–Crippen MR) is 95.4 cm³/mol. The third kappa shape index (κ3) is 4.11. The first-order valence-corrected chi connectivity index (χ1v) is 8.30. The summed E-state index contributed by atoms with van der Waals surface area (Å²) in [6.45, 7) is 0.680. The molecule has 1 aliphatic heterocycles. The molecule has 2 aromatic rings. The molecule has 0 fully saturated rings. The molecule has 2 aromatic carbocycles. The fourth-order valence-electron chi connectivity index (χ4n) is 2.79. The Kier molecular flexibility index (Phi) is 5.36. The van der Waals surface area contributed by atoms with Gasteiger partial charge in [0, 0.05) is 13.6 Å². The lowest BCUT2D eigenvalue weighted by molar-refractivity contribution is -0.127. The molecule has 0 bridgehead atoms. The molecular weight excluding hydrogens is 337 g/mol. The van der Waals surface area contributed by atoms with E-state index in [1.165, 1.54) is 12.1 Å². The second kappa shape index (κ2) is 7.86. The van der Waals surface area contributed by atoms with Crippen LogP contribution in [0.5, 0.6) is 5.75 Å². The van der Waals surface area contributed by atoms with Crippen LogP contribution in [0.25, 0.3) is 0 Å². The number of ether oxygens (including phenoxy) is 1. The van der Waals surface area contributed by atoms with Gasteiger partial charge in [0.1, 0.15) is 11.6 Å². The second-order valence-corrected chi connectivity index (χ2v) is 5.97. The number of hydrogen-bond acceptors (Lipinski definition) is 4. The van der Waals surface area contributed by atoms with Gasteiger partial charge in [0.2, 0.25) is 5.91 Å². The number of nitrogens with one attached hydrogen (secondary N) is 2. The van der Waals surface area contributed by atoms with E-state index in [4.69, 9.17) is 4.74 Å². The molecule has 26 heavy (non-hydrogen) atoms. The maximum atomic E-state index is 12.9. The zero-order valence-electron chi connectivity index (χ0n) is 14.4. The van der Waals surface area contributed by atoms with E-state index in [1.807, 2.05) is 23.1 Å². The zero-order valence-corrected chi connectivity index (χ0v) is 14.4. The maximum absolute atomic E-state index is 12.9. The van der Waals surface area contributed by atoms with Gasteiger partial charge in [0.05, 0.1) is 18.8 Å². The highest BCUT2D eigenvalue weighted by Crippen LogP contribution is 2.32. The predicted octanol–water partition coefficient (Wildman–Crippen LogP) is 1.46. The Bertz CT molecular complexity index is 795. The van der Waals surface area contributed by atoms with Crippen LogP contribution in [-0.4, -0.2) is 38.1 Å². The molecule has 7 heteroatoms. The number of fused-ring (bicyclic) bond motifs is 1. The van der Waals surface area contributed by atoms with E-state index < -0.39 is 6.10 Å². The molecule has 2 N–H and O–H groups in total. The first-order chi connectivity index (χ1) is 12.6. The zero-order chi connectivity index (χ0) is 18.5. The molecule has 1 atom stereocenters. The Morgan fingerprint density at radius 1 is 1.19 bits per heavy atom. The molecule has 0 spiro atoms. The van der Waals surface area contributed by atoms with Crippen LogP contribution in [0.1, 0.15) is 5.56 Å². The van der Waals surface area contributed by atoms with Crippen LogP contribution < -0.4 is 20.3 Å². The Morgan fingerprint density at radius 2 is 1.92 bits per heavy atom. The fourth-order valence-corrected chi connectivity index (χ4v) is 2.79. The largest absolute Gasteiger partial charge is 0.477 e. The van der Waals surface area contributed by atoms with Crippen molar-refractivity contribution in [1.82, 2.24) is 10.6 Å². The monoisotopic (exact) mass is 357 g/mol. The second-order valence-electron chi connectivity index (χ2n) is 5.97. The van der Waals surface area contributed by atoms with Crippen molar-refractivity contribution in [3.8, 4) is 5.75 Å². The summed E-state index contributed by atoms with van der Waals surface area (Å²) in [6, 6.07) is 13.3. The summed E-state index contributed by atoms with van der Waals surface area (Å²) < 4.78 is 18.6. The molecule has 2 amide bonds. The standard InChI is InChI=1S/C19H20FN3O3/c1-21-19(25)17-11-23(15-4-2-3-5-16(15)26-17)12-18(24)22-10-13-6-8-14(20)9-7-13/h2-9,17H,10-12H2,1H3,(H,21,25)(H,22,24)/t17-/m1/s1. The lowest BCUT2D eigenvalue weighted by atomic mass is 10.1. The van der Waals surface area contributed by atoms with E-state index in [-0.39, 0.29) is 30.7 Å². The normalized spacial score (nSPS) is 15.6. The molecule has 6 nitrogen and oxygen atoms in total. The van der Waals surface area contributed by atoms with Crippen molar-refractivity contribution in [1.29, 1.82) is 0 Å². The highest BCUT2D eigenvalue weighted by molar-refractivity contribution is 5.86. The van der Waals surface area contributed by atoms with Crippen molar-refractivity contribution in [3.05, 3.63) is 59.9 Å². The van der Waals surface area contributed by atoms with Crippen molar-refractivity contribution in [2.75, 3.05) is 25.0 Å². The minimum atomic E-state index is -0.681. The van der Waals surface area contributed by atoms with Crippen LogP contribution in [0.2, 0.25) is 0 Å². The van der Waals surface area contributed by atoms with E-state index in [0.29, 0.717) is 12.3 Å². The lowest BCUT2D eigenvalue weighted by Crippen LogP contribution is -2.50. The van der Waals surface area contributed by atoms with Crippen LogP contribution in [0.3, 0.4) is 0 Å². The van der Waals surface area contributed by atoms with Gasteiger partial charge in [-0.1, -0.05) is 24.3 Å². The van der Waals surface area contributed by atoms with Crippen molar-refractivity contribution < 1.29 is 18.7 Å². The van der Waals surface area contributed by atoms with Crippen LogP contribution in [0.4, 0.5) is 10.1 Å². The molecule has 0 unspecified atom stereocenters. The number of likely N-dealkylation sites (N-methyl/N-ethyl adjacent to an activating group) is 1. The van der Waals surface area contributed by atoms with E-state index in [1.54, 1.807) is 25.2 Å². The van der Waals surface area contributed by atoms with Crippen LogP contribution in [0.15, 0.2) is 48.5 Å². The Morgan fingerprint density at radius 3 is 2.65 bits per heavy atom. The average molecular weight is 357 g/mol. The van der Waals surface area contributed by atoms with Crippen LogP contribution in [-0.2, 0) is 16.1 Å². The lowest BCUT2D eigenvalue weighted by Gasteiger charge is -2.35. The molecule has 0 saturated carbocycles. The summed E-state index contributed by atoms with van der Waals surface area (Å²) in [7, 11) is 1.55. The Labute approximate surface area is 150 Å². The molecule has 1 heterocycles. The molecule has 3 rings (SSSR count). The summed E-state index contributed by atoms with van der Waals surface area (Å²) in [6.07, 6.45) is -0.681. The topological polar surface area (TPSA) is 70.7 Å². The third-order valence-corrected chi connectivity index (χ3v) is 4.14. The van der Waals surface area contributed by atoms with Gasteiger partial charge in [0.15, 0.2) is 6.10 Å². The minimum absolute atomic E-state index is 0.0923. The van der Waals surface area contributed by atoms with E-state index >= 15 is 0 Å². The van der Waals surface area contributed by atoms with Crippen LogP contribution in [0, 0.1) is 5.82 Å². The van der Waals surface area contributed by atoms with Gasteiger partial charge in [-0.2, -0.15) is 0 Å². The molecule has 1 aliphatic rings. The molecular formula is C19H20FN3O3. The number of amides is 2. The SMILES string of the molecule is CNC(=O)[C@H]1CN(CC(=O)NCc2ccc(F)cc2)c2ccccc2O1. The molecule has 136 valence electrons. The molecule has 0 aliphatic carbocycles. The fraction of sp³-hybridized carbons (Fsp3) is 0.263. The summed E-state index contributed by atoms with van der Waals surface area (Å²) in [5, 5.41) is 5.38. The number of halogens is 1. The minimum Gasteiger partial charge on any atom is -0.477 e. The quantitative estimate of drug-likeness (QED) is 0.850. The van der Waals surface area contributed by atoms with Gasteiger partial charge in [0.25, 0.3) is 5.91 Å². The van der Waals surface area contributed by atoms with Crippen molar-refractivity contribution in [2.45, 2.75) is 12.6 Å². The van der Waals surface area contributed by atoms with Gasteiger partial charge >= 0.3 is 0 Å². The highest BCUT2D eigenvalue weighted by atomic mass is 19.1. The number of carbonyl (C=O) groups excluding carboxylic acids is 2. The highest BCUT2D eigenvalue weighted by Gasteiger charge is 2.30. The first-order valence-electron chi connectivity index (χ1n) is 8.30. The van der Waals surface area contributed by atoms with Gasteiger partial charge in [-0.3, -0.25) is 9.59 Å². The summed E-state index contributed by atoms with van der Waals surface area (Å²) in [5.74, 6) is -0.179. The van der Waals surface area contributed by atoms with E-state index in [0.717, 1.165) is 11.3 Å². The number of para-hydroxylation sites is 2. The van der Waals surface area contributed by atoms with Gasteiger partial charge in [-0.25, -0.2) is 4.39 Å². The Balaban J connectivity index is 1.66. The van der Waals surface area contributed by atoms with Crippen molar-refractivity contribution >= 4 is 17.5 Å². The number of anilines is 1. The first kappa shape index (κ1) is 17.7. The molecule has 0 radical (unpaired) electrons. The molecule has 0 aromatic heterocycles. The van der Waals surface area contributed by atoms with Crippen molar-refractivity contribution in [3.63, 3.8) is 0 Å². The number of nitrogens with zero attached hydrogens (tertiary/aromatic N) is 1. The molecule has 0 saturated heterocycles. The number of benzene rings is 2. The third-order valence-electron chi connectivity index (χ3n) is 4.14. The average Bonchev–Trinajstić information content (AvgIpc) is 2.66. The maximum Gasteiger partial charge on any atom is 0.262 e. The van der Waals surface area contributed by atoms with E-state index in [2.05, 4.69) is 10.6 Å². The smallest absolute Gasteiger partial charge is 0.262 e. The van der Waals surface area contributed by atoms with Crippen molar-refractivity contribution in [2.24, 2.45) is 0 Å². The van der Waals surface area contributed by atoms with E-state index in [9.17, 15) is 14.0 Å². The van der Waals surface area contributed by atoms with Gasteiger partial charge in [-0.15, -0.1) is 0 Å². The Hall–Kier alpha value is -3.09. The van der Waals surface area contributed by atoms with Crippen LogP contribution >= 0.6 is 0 Å². The number of rotatable bonds is 5. The summed E-state index contributed by atoms with van der Waals surface area (Å²) in [5.41, 5.74) is 1.58. The van der Waals surface area contributed by atoms with Gasteiger partial charge in [-0.05, 0) is 29.8 Å². The van der Waals surface area contributed by atoms with Gasteiger partial charge < -0.3 is 20.3 Å². The number of hydrogen-bond donors (Lipinski definition) is 2. The summed E-state index contributed by atoms with van der Waals surface area (Å²) in [4.78, 5) is 26.1.